The summed E-state index contributed by atoms with van der Waals surface area (Å²) in [6.07, 6.45) is 3.20. The number of unbranched alkanes of at least 4 members (excludes halogenated alkanes) is 2. The molecule has 1 fully saturated rings. The minimum Gasteiger partial charge on any atom is -0.395 e. The quantitative estimate of drug-likeness (QED) is 0.719. The Morgan fingerprint density at radius 1 is 1.36 bits per heavy atom. The standard InChI is InChI=1S/C19H27ClN2O3/c1-3-4-5-9-22(10-11-23)19(25)16-13-17(24)21(2)18(16)14-7-6-8-15(20)12-14/h6-8,12,16,18,23H,3-5,9-11,13H2,1-2H3. The van der Waals surface area contributed by atoms with Crippen LogP contribution in [0.4, 0.5) is 0 Å². The third-order valence-electron chi connectivity index (χ3n) is 4.81. The van der Waals surface area contributed by atoms with Gasteiger partial charge in [-0.15, -0.1) is 0 Å². The largest absolute Gasteiger partial charge is 0.395 e. The number of hydrogen-bond donors (Lipinski definition) is 1. The molecule has 6 heteroatoms. The first kappa shape index (κ1) is 19.7. The predicted octanol–water partition coefficient (Wildman–Crippen LogP) is 2.87. The van der Waals surface area contributed by atoms with E-state index in [4.69, 9.17) is 11.6 Å². The number of benzene rings is 1. The van der Waals surface area contributed by atoms with Crippen molar-refractivity contribution in [2.45, 2.75) is 38.6 Å². The maximum atomic E-state index is 13.1. The molecule has 5 nitrogen and oxygen atoms in total. The number of aliphatic hydroxyl groups is 1. The molecule has 138 valence electrons. The van der Waals surface area contributed by atoms with Gasteiger partial charge in [0.1, 0.15) is 0 Å². The average molecular weight is 367 g/mol. The van der Waals surface area contributed by atoms with Crippen molar-refractivity contribution < 1.29 is 14.7 Å². The molecule has 0 aromatic heterocycles. The van der Waals surface area contributed by atoms with E-state index in [1.807, 2.05) is 18.2 Å². The van der Waals surface area contributed by atoms with Crippen LogP contribution in [0.25, 0.3) is 0 Å². The monoisotopic (exact) mass is 366 g/mol. The van der Waals surface area contributed by atoms with Crippen molar-refractivity contribution in [3.8, 4) is 0 Å². The third kappa shape index (κ3) is 4.73. The Kier molecular flexibility index (Phi) is 7.26. The average Bonchev–Trinajstić information content (AvgIpc) is 2.89. The van der Waals surface area contributed by atoms with Crippen LogP contribution >= 0.6 is 11.6 Å². The molecule has 25 heavy (non-hydrogen) atoms. The molecule has 0 aliphatic carbocycles. The molecular formula is C19H27ClN2O3. The van der Waals surface area contributed by atoms with Gasteiger partial charge in [0.05, 0.1) is 18.6 Å². The van der Waals surface area contributed by atoms with Crippen molar-refractivity contribution in [1.29, 1.82) is 0 Å². The number of amides is 2. The highest BCUT2D eigenvalue weighted by Crippen LogP contribution is 2.38. The van der Waals surface area contributed by atoms with Crippen LogP contribution in [0.15, 0.2) is 24.3 Å². The molecule has 0 spiro atoms. The summed E-state index contributed by atoms with van der Waals surface area (Å²) in [4.78, 5) is 28.7. The van der Waals surface area contributed by atoms with E-state index >= 15 is 0 Å². The van der Waals surface area contributed by atoms with E-state index in [1.165, 1.54) is 0 Å². The number of likely N-dealkylation sites (tertiary alicyclic amines) is 1. The lowest BCUT2D eigenvalue weighted by molar-refractivity contribution is -0.137. The molecule has 1 heterocycles. The van der Waals surface area contributed by atoms with Gasteiger partial charge < -0.3 is 14.9 Å². The molecule has 2 rings (SSSR count). The van der Waals surface area contributed by atoms with E-state index in [9.17, 15) is 14.7 Å². The second-order valence-corrected chi connectivity index (χ2v) is 7.01. The maximum absolute atomic E-state index is 13.1. The molecule has 1 aromatic rings. The molecule has 0 radical (unpaired) electrons. The summed E-state index contributed by atoms with van der Waals surface area (Å²) < 4.78 is 0. The molecule has 1 aliphatic rings. The highest BCUT2D eigenvalue weighted by molar-refractivity contribution is 6.30. The fourth-order valence-corrected chi connectivity index (χ4v) is 3.68. The molecule has 1 aliphatic heterocycles. The molecule has 2 amide bonds. The number of halogens is 1. The van der Waals surface area contributed by atoms with Crippen LogP contribution in [-0.2, 0) is 9.59 Å². The number of aliphatic hydroxyl groups excluding tert-OH is 1. The molecule has 0 saturated carbocycles. The van der Waals surface area contributed by atoms with Crippen molar-refractivity contribution in [1.82, 2.24) is 9.80 Å². The van der Waals surface area contributed by atoms with Gasteiger partial charge in [-0.25, -0.2) is 0 Å². The van der Waals surface area contributed by atoms with E-state index in [0.717, 1.165) is 24.8 Å². The lowest BCUT2D eigenvalue weighted by atomic mass is 9.92. The number of hydrogen-bond acceptors (Lipinski definition) is 3. The lowest BCUT2D eigenvalue weighted by Crippen LogP contribution is -2.40. The van der Waals surface area contributed by atoms with Crippen LogP contribution in [0.2, 0.25) is 5.02 Å². The van der Waals surface area contributed by atoms with E-state index in [-0.39, 0.29) is 30.9 Å². The van der Waals surface area contributed by atoms with Gasteiger partial charge >= 0.3 is 0 Å². The van der Waals surface area contributed by atoms with Gasteiger partial charge in [0.25, 0.3) is 0 Å². The van der Waals surface area contributed by atoms with E-state index in [0.29, 0.717) is 18.1 Å². The fourth-order valence-electron chi connectivity index (χ4n) is 3.48. The normalized spacial score (nSPS) is 20.2. The van der Waals surface area contributed by atoms with E-state index in [2.05, 4.69) is 6.92 Å². The van der Waals surface area contributed by atoms with Crippen LogP contribution in [0, 0.1) is 5.92 Å². The molecular weight excluding hydrogens is 340 g/mol. The van der Waals surface area contributed by atoms with Gasteiger partial charge in [0.15, 0.2) is 0 Å². The Bertz CT molecular complexity index is 608. The number of rotatable bonds is 8. The van der Waals surface area contributed by atoms with E-state index < -0.39 is 5.92 Å². The molecule has 1 saturated heterocycles. The summed E-state index contributed by atoms with van der Waals surface area (Å²) in [5, 5.41) is 9.91. The number of carbonyl (C=O) groups is 2. The Hall–Kier alpha value is -1.59. The summed E-state index contributed by atoms with van der Waals surface area (Å²) in [7, 11) is 1.73. The fraction of sp³-hybridized carbons (Fsp3) is 0.579. The summed E-state index contributed by atoms with van der Waals surface area (Å²) in [5.41, 5.74) is 0.872. The Morgan fingerprint density at radius 2 is 2.12 bits per heavy atom. The van der Waals surface area contributed by atoms with Crippen molar-refractivity contribution >= 4 is 23.4 Å². The zero-order valence-corrected chi connectivity index (χ0v) is 15.7. The topological polar surface area (TPSA) is 60.9 Å². The maximum Gasteiger partial charge on any atom is 0.228 e. The summed E-state index contributed by atoms with van der Waals surface area (Å²) in [5.74, 6) is -0.544. The van der Waals surface area contributed by atoms with Crippen molar-refractivity contribution in [3.63, 3.8) is 0 Å². The van der Waals surface area contributed by atoms with Gasteiger partial charge in [-0.05, 0) is 24.1 Å². The van der Waals surface area contributed by atoms with Crippen LogP contribution in [0.1, 0.15) is 44.2 Å². The predicted molar refractivity (Wildman–Crippen MR) is 98.3 cm³/mol. The number of nitrogens with zero attached hydrogens (tertiary/aromatic N) is 2. The first-order valence-corrected chi connectivity index (χ1v) is 9.28. The summed E-state index contributed by atoms with van der Waals surface area (Å²) in [6, 6.07) is 7.02. The Labute approximate surface area is 154 Å². The second-order valence-electron chi connectivity index (χ2n) is 6.57. The molecule has 1 N–H and O–H groups in total. The highest BCUT2D eigenvalue weighted by atomic mass is 35.5. The molecule has 1 aromatic carbocycles. The third-order valence-corrected chi connectivity index (χ3v) is 5.04. The zero-order valence-electron chi connectivity index (χ0n) is 14.9. The first-order chi connectivity index (χ1) is 12.0. The summed E-state index contributed by atoms with van der Waals surface area (Å²) in [6.45, 7) is 2.96. The number of carbonyl (C=O) groups excluding carboxylic acids is 2. The summed E-state index contributed by atoms with van der Waals surface area (Å²) >= 11 is 6.10. The molecule has 2 atom stereocenters. The van der Waals surface area contributed by atoms with Gasteiger partial charge in [-0.2, -0.15) is 0 Å². The minimum absolute atomic E-state index is 0.0409. The van der Waals surface area contributed by atoms with Crippen molar-refractivity contribution in [3.05, 3.63) is 34.9 Å². The Morgan fingerprint density at radius 3 is 2.76 bits per heavy atom. The smallest absolute Gasteiger partial charge is 0.228 e. The van der Waals surface area contributed by atoms with Gasteiger partial charge in [-0.1, -0.05) is 43.5 Å². The van der Waals surface area contributed by atoms with Crippen LogP contribution in [-0.4, -0.2) is 53.5 Å². The SMILES string of the molecule is CCCCCN(CCO)C(=O)C1CC(=O)N(C)C1c1cccc(Cl)c1. The lowest BCUT2D eigenvalue weighted by Gasteiger charge is -2.30. The second kappa shape index (κ2) is 9.20. The van der Waals surface area contributed by atoms with Gasteiger partial charge in [-0.3, -0.25) is 9.59 Å². The van der Waals surface area contributed by atoms with Crippen LogP contribution in [0.5, 0.6) is 0 Å². The van der Waals surface area contributed by atoms with Crippen molar-refractivity contribution in [2.24, 2.45) is 5.92 Å². The van der Waals surface area contributed by atoms with Crippen molar-refractivity contribution in [2.75, 3.05) is 26.7 Å². The van der Waals surface area contributed by atoms with Crippen LogP contribution < -0.4 is 0 Å². The van der Waals surface area contributed by atoms with Gasteiger partial charge in [0, 0.05) is 31.6 Å². The highest BCUT2D eigenvalue weighted by Gasteiger charge is 2.44. The minimum atomic E-state index is -0.441. The zero-order chi connectivity index (χ0) is 18.4. The molecule has 2 unspecified atom stereocenters. The van der Waals surface area contributed by atoms with E-state index in [1.54, 1.807) is 22.9 Å². The molecule has 0 bridgehead atoms. The first-order valence-electron chi connectivity index (χ1n) is 8.90. The Balaban J connectivity index is 2.23. The van der Waals surface area contributed by atoms with Gasteiger partial charge in [0.2, 0.25) is 11.8 Å². The van der Waals surface area contributed by atoms with Crippen LogP contribution in [0.3, 0.4) is 0 Å².